The number of carbonyl (C=O) groups is 1. The van der Waals surface area contributed by atoms with E-state index in [0.29, 0.717) is 25.1 Å². The number of aromatic nitrogens is 2. The van der Waals surface area contributed by atoms with Crippen molar-refractivity contribution < 1.29 is 9.53 Å². The molecule has 0 bridgehead atoms. The third-order valence-electron chi connectivity index (χ3n) is 5.07. The van der Waals surface area contributed by atoms with Crippen molar-refractivity contribution in [3.05, 3.63) is 89.2 Å². The van der Waals surface area contributed by atoms with E-state index in [4.69, 9.17) is 4.74 Å². The molecule has 6 nitrogen and oxygen atoms in total. The smallest absolute Gasteiger partial charge is 0.266 e. The van der Waals surface area contributed by atoms with Crippen molar-refractivity contribution in [1.29, 1.82) is 0 Å². The maximum Gasteiger partial charge on any atom is 0.266 e. The molecule has 156 valence electrons. The van der Waals surface area contributed by atoms with E-state index in [1.54, 1.807) is 13.2 Å². The van der Waals surface area contributed by atoms with Gasteiger partial charge in [0.1, 0.15) is 5.75 Å². The Bertz CT molecular complexity index is 1270. The molecule has 4 rings (SSSR count). The van der Waals surface area contributed by atoms with Gasteiger partial charge in [0.15, 0.2) is 0 Å². The quantitative estimate of drug-likeness (QED) is 0.484. The largest absolute Gasteiger partial charge is 0.497 e. The zero-order valence-corrected chi connectivity index (χ0v) is 17.2. The molecule has 0 fully saturated rings. The number of hydrogen-bond donors (Lipinski definition) is 1. The monoisotopic (exact) mass is 413 g/mol. The second kappa shape index (κ2) is 9.26. The maximum atomic E-state index is 12.5. The Balaban J connectivity index is 1.41. The fourth-order valence-electron chi connectivity index (χ4n) is 3.48. The first-order chi connectivity index (χ1) is 15.1. The zero-order chi connectivity index (χ0) is 21.6. The summed E-state index contributed by atoms with van der Waals surface area (Å²) in [4.78, 5) is 24.7. The van der Waals surface area contributed by atoms with Gasteiger partial charge >= 0.3 is 0 Å². The lowest BCUT2D eigenvalue weighted by molar-refractivity contribution is -0.116. The standard InChI is InChI=1S/C25H23N3O3/c1-31-20-10-4-9-19(17-20)22-14-15-25(30)28(27-22)16-6-13-24(29)26-23-12-5-8-18-7-2-3-11-21(18)23/h2-5,7-12,14-15,17H,6,13,16H2,1H3,(H,26,29). The van der Waals surface area contributed by atoms with E-state index in [9.17, 15) is 9.59 Å². The summed E-state index contributed by atoms with van der Waals surface area (Å²) in [6.07, 6.45) is 0.797. The number of nitrogens with zero attached hydrogens (tertiary/aromatic N) is 2. The summed E-state index contributed by atoms with van der Waals surface area (Å²) in [5.41, 5.74) is 2.14. The number of anilines is 1. The van der Waals surface area contributed by atoms with Gasteiger partial charge in [-0.1, -0.05) is 48.5 Å². The van der Waals surface area contributed by atoms with Gasteiger partial charge in [0.25, 0.3) is 5.56 Å². The van der Waals surface area contributed by atoms with Crippen LogP contribution in [-0.4, -0.2) is 22.8 Å². The summed E-state index contributed by atoms with van der Waals surface area (Å²) in [5, 5.41) is 9.51. The number of hydrogen-bond acceptors (Lipinski definition) is 4. The second-order valence-corrected chi connectivity index (χ2v) is 7.19. The van der Waals surface area contributed by atoms with Crippen molar-refractivity contribution in [3.63, 3.8) is 0 Å². The molecule has 1 aromatic heterocycles. The molecule has 0 spiro atoms. The van der Waals surface area contributed by atoms with Gasteiger partial charge in [-0.05, 0) is 36.1 Å². The molecule has 1 N–H and O–H groups in total. The number of carbonyl (C=O) groups excluding carboxylic acids is 1. The molecule has 0 aliphatic rings. The van der Waals surface area contributed by atoms with Crippen LogP contribution in [0.15, 0.2) is 83.7 Å². The molecule has 0 unspecified atom stereocenters. The van der Waals surface area contributed by atoms with E-state index in [1.165, 1.54) is 10.7 Å². The van der Waals surface area contributed by atoms with Crippen molar-refractivity contribution in [2.75, 3.05) is 12.4 Å². The Kier molecular flexibility index (Phi) is 6.08. The molecule has 0 saturated heterocycles. The van der Waals surface area contributed by atoms with Gasteiger partial charge in [-0.3, -0.25) is 9.59 Å². The van der Waals surface area contributed by atoms with Crippen LogP contribution in [-0.2, 0) is 11.3 Å². The molecular formula is C25H23N3O3. The maximum absolute atomic E-state index is 12.5. The number of ether oxygens (including phenoxy) is 1. The lowest BCUT2D eigenvalue weighted by Crippen LogP contribution is -2.23. The van der Waals surface area contributed by atoms with Crippen LogP contribution in [0.5, 0.6) is 5.75 Å². The Hall–Kier alpha value is -3.93. The van der Waals surface area contributed by atoms with Crippen molar-refractivity contribution in [2.24, 2.45) is 0 Å². The summed E-state index contributed by atoms with van der Waals surface area (Å²) in [7, 11) is 1.61. The minimum atomic E-state index is -0.193. The summed E-state index contributed by atoms with van der Waals surface area (Å²) >= 11 is 0. The molecule has 0 aliphatic heterocycles. The summed E-state index contributed by atoms with van der Waals surface area (Å²) in [5.74, 6) is 0.635. The molecule has 3 aromatic carbocycles. The highest BCUT2D eigenvalue weighted by molar-refractivity contribution is 6.02. The molecule has 4 aromatic rings. The van der Waals surface area contributed by atoms with E-state index >= 15 is 0 Å². The lowest BCUT2D eigenvalue weighted by atomic mass is 10.1. The molecule has 0 atom stereocenters. The number of methoxy groups -OCH3 is 1. The Morgan fingerprint density at radius 3 is 2.68 bits per heavy atom. The van der Waals surface area contributed by atoms with E-state index in [0.717, 1.165) is 27.8 Å². The third kappa shape index (κ3) is 4.80. The number of benzene rings is 3. The molecule has 0 aliphatic carbocycles. The minimum absolute atomic E-state index is 0.0895. The van der Waals surface area contributed by atoms with Crippen LogP contribution >= 0.6 is 0 Å². The Morgan fingerprint density at radius 2 is 1.81 bits per heavy atom. The Morgan fingerprint density at radius 1 is 1.00 bits per heavy atom. The first-order valence-electron chi connectivity index (χ1n) is 10.1. The Labute approximate surface area is 180 Å². The number of nitrogens with one attached hydrogen (secondary N) is 1. The van der Waals surface area contributed by atoms with Gasteiger partial charge < -0.3 is 10.1 Å². The topological polar surface area (TPSA) is 73.2 Å². The SMILES string of the molecule is COc1cccc(-c2ccc(=O)n(CCCC(=O)Nc3cccc4ccccc34)n2)c1. The van der Waals surface area contributed by atoms with Crippen LogP contribution in [0, 0.1) is 0 Å². The van der Waals surface area contributed by atoms with Gasteiger partial charge in [-0.15, -0.1) is 0 Å². The summed E-state index contributed by atoms with van der Waals surface area (Å²) in [6, 6.07) is 24.5. The number of aryl methyl sites for hydroxylation is 1. The average molecular weight is 413 g/mol. The van der Waals surface area contributed by atoms with Crippen molar-refractivity contribution >= 4 is 22.4 Å². The van der Waals surface area contributed by atoms with Crippen LogP contribution in [0.25, 0.3) is 22.0 Å². The molecule has 1 heterocycles. The number of rotatable bonds is 7. The van der Waals surface area contributed by atoms with Crippen molar-refractivity contribution in [1.82, 2.24) is 9.78 Å². The van der Waals surface area contributed by atoms with Gasteiger partial charge in [-0.2, -0.15) is 5.10 Å². The number of fused-ring (bicyclic) bond motifs is 1. The van der Waals surface area contributed by atoms with E-state index in [-0.39, 0.29) is 11.5 Å². The molecular weight excluding hydrogens is 390 g/mol. The fraction of sp³-hybridized carbons (Fsp3) is 0.160. The van der Waals surface area contributed by atoms with Crippen LogP contribution in [0.3, 0.4) is 0 Å². The van der Waals surface area contributed by atoms with Crippen LogP contribution < -0.4 is 15.6 Å². The second-order valence-electron chi connectivity index (χ2n) is 7.19. The molecule has 0 saturated carbocycles. The fourth-order valence-corrected chi connectivity index (χ4v) is 3.48. The van der Waals surface area contributed by atoms with Gasteiger partial charge in [0.05, 0.1) is 12.8 Å². The minimum Gasteiger partial charge on any atom is -0.497 e. The van der Waals surface area contributed by atoms with Crippen LogP contribution in [0.4, 0.5) is 5.69 Å². The molecule has 0 radical (unpaired) electrons. The molecule has 31 heavy (non-hydrogen) atoms. The van der Waals surface area contributed by atoms with Crippen LogP contribution in [0.1, 0.15) is 12.8 Å². The van der Waals surface area contributed by atoms with E-state index in [1.807, 2.05) is 66.7 Å². The normalized spacial score (nSPS) is 10.7. The first kappa shape index (κ1) is 20.3. The highest BCUT2D eigenvalue weighted by Gasteiger charge is 2.08. The molecule has 1 amide bonds. The predicted octanol–water partition coefficient (Wildman–Crippen LogP) is 4.49. The van der Waals surface area contributed by atoms with Crippen LogP contribution in [0.2, 0.25) is 0 Å². The van der Waals surface area contributed by atoms with Gasteiger partial charge in [-0.25, -0.2) is 4.68 Å². The number of amides is 1. The van der Waals surface area contributed by atoms with Gasteiger partial charge in [0.2, 0.25) is 5.91 Å². The highest BCUT2D eigenvalue weighted by Crippen LogP contribution is 2.23. The third-order valence-corrected chi connectivity index (χ3v) is 5.07. The highest BCUT2D eigenvalue weighted by atomic mass is 16.5. The molecule has 6 heteroatoms. The first-order valence-corrected chi connectivity index (χ1v) is 10.1. The lowest BCUT2D eigenvalue weighted by Gasteiger charge is -2.10. The van der Waals surface area contributed by atoms with E-state index < -0.39 is 0 Å². The zero-order valence-electron chi connectivity index (χ0n) is 17.2. The predicted molar refractivity (Wildman–Crippen MR) is 122 cm³/mol. The summed E-state index contributed by atoms with van der Waals surface area (Å²) < 4.78 is 6.66. The van der Waals surface area contributed by atoms with Crippen molar-refractivity contribution in [3.8, 4) is 17.0 Å². The summed E-state index contributed by atoms with van der Waals surface area (Å²) in [6.45, 7) is 0.361. The van der Waals surface area contributed by atoms with Crippen molar-refractivity contribution in [2.45, 2.75) is 19.4 Å². The van der Waals surface area contributed by atoms with Gasteiger partial charge in [0, 0.05) is 35.7 Å². The van der Waals surface area contributed by atoms with E-state index in [2.05, 4.69) is 10.4 Å². The average Bonchev–Trinajstić information content (AvgIpc) is 2.80.